The van der Waals surface area contributed by atoms with Crippen molar-refractivity contribution >= 4 is 23.6 Å². The highest BCUT2D eigenvalue weighted by Gasteiger charge is 2.19. The molecule has 0 spiro atoms. The topological polar surface area (TPSA) is 154 Å². The number of ether oxygens (including phenoxy) is 3. The standard InChI is InChI=1S/C21H27N5O8/c1-4-32-19(29)12-17(20(30)33-5-2)25-10-8-18(28)26(21(25)31)14-16-13-24(23-22-16)9-6-7-11-34-15(3)27/h8,10,12-13H,4-7,9,11,14H2,1-3H3/b17-12-. The fraction of sp³-hybridized carbons (Fsp3) is 0.476. The van der Waals surface area contributed by atoms with Crippen molar-refractivity contribution in [2.24, 2.45) is 0 Å². The highest BCUT2D eigenvalue weighted by Crippen LogP contribution is 2.06. The Morgan fingerprint density at radius 1 is 1.06 bits per heavy atom. The molecule has 184 valence electrons. The molecular weight excluding hydrogens is 450 g/mol. The van der Waals surface area contributed by atoms with Gasteiger partial charge in [0.05, 0.1) is 38.6 Å². The van der Waals surface area contributed by atoms with Crippen LogP contribution in [0.1, 0.15) is 39.3 Å². The van der Waals surface area contributed by atoms with E-state index in [0.29, 0.717) is 31.7 Å². The summed E-state index contributed by atoms with van der Waals surface area (Å²) in [6.45, 7) is 5.18. The molecular formula is C21H27N5O8. The van der Waals surface area contributed by atoms with Gasteiger partial charge >= 0.3 is 23.6 Å². The van der Waals surface area contributed by atoms with Gasteiger partial charge in [-0.3, -0.25) is 23.4 Å². The van der Waals surface area contributed by atoms with Crippen LogP contribution in [0.4, 0.5) is 0 Å². The number of esters is 3. The van der Waals surface area contributed by atoms with Crippen molar-refractivity contribution in [3.8, 4) is 0 Å². The zero-order chi connectivity index (χ0) is 25.1. The van der Waals surface area contributed by atoms with Gasteiger partial charge in [0.15, 0.2) is 0 Å². The van der Waals surface area contributed by atoms with Crippen LogP contribution in [0.3, 0.4) is 0 Å². The van der Waals surface area contributed by atoms with Crippen LogP contribution in [0.25, 0.3) is 5.70 Å². The van der Waals surface area contributed by atoms with Gasteiger partial charge in [-0.15, -0.1) is 5.10 Å². The molecule has 0 aliphatic heterocycles. The van der Waals surface area contributed by atoms with E-state index >= 15 is 0 Å². The van der Waals surface area contributed by atoms with Gasteiger partial charge < -0.3 is 14.2 Å². The van der Waals surface area contributed by atoms with E-state index in [-0.39, 0.29) is 25.7 Å². The molecule has 34 heavy (non-hydrogen) atoms. The fourth-order valence-corrected chi connectivity index (χ4v) is 2.85. The van der Waals surface area contributed by atoms with Crippen LogP contribution < -0.4 is 11.2 Å². The van der Waals surface area contributed by atoms with E-state index < -0.39 is 28.9 Å². The van der Waals surface area contributed by atoms with Gasteiger partial charge in [-0.25, -0.2) is 14.4 Å². The minimum absolute atomic E-state index is 0.0113. The van der Waals surface area contributed by atoms with Crippen molar-refractivity contribution in [3.63, 3.8) is 0 Å². The summed E-state index contributed by atoms with van der Waals surface area (Å²) in [5.74, 6) is -2.11. The molecule has 0 N–H and O–H groups in total. The SMILES string of the molecule is CCOC(=O)/C=C(/C(=O)OCC)n1ccc(=O)n(Cc2cn(CCCCOC(C)=O)nn2)c1=O. The molecule has 2 aromatic rings. The van der Waals surface area contributed by atoms with Crippen molar-refractivity contribution in [2.75, 3.05) is 19.8 Å². The third-order valence-corrected chi connectivity index (χ3v) is 4.35. The number of carbonyl (C=O) groups excluding carboxylic acids is 3. The monoisotopic (exact) mass is 477 g/mol. The molecule has 0 atom stereocenters. The largest absolute Gasteiger partial charge is 0.466 e. The van der Waals surface area contributed by atoms with E-state index in [9.17, 15) is 24.0 Å². The maximum absolute atomic E-state index is 13.0. The number of carbonyl (C=O) groups is 3. The predicted octanol–water partition coefficient (Wildman–Crippen LogP) is -0.0398. The van der Waals surface area contributed by atoms with Gasteiger partial charge in [-0.2, -0.15) is 0 Å². The third kappa shape index (κ3) is 7.53. The molecule has 2 aromatic heterocycles. The van der Waals surface area contributed by atoms with Crippen LogP contribution >= 0.6 is 0 Å². The Labute approximate surface area is 194 Å². The maximum atomic E-state index is 13.0. The molecule has 2 heterocycles. The van der Waals surface area contributed by atoms with Crippen LogP contribution in [0, 0.1) is 0 Å². The van der Waals surface area contributed by atoms with Crippen molar-refractivity contribution < 1.29 is 28.6 Å². The van der Waals surface area contributed by atoms with E-state index in [0.717, 1.165) is 27.5 Å². The quantitative estimate of drug-likeness (QED) is 0.176. The Morgan fingerprint density at radius 3 is 2.47 bits per heavy atom. The van der Waals surface area contributed by atoms with Gasteiger partial charge in [0.25, 0.3) is 5.56 Å². The minimum atomic E-state index is -0.928. The van der Waals surface area contributed by atoms with Crippen LogP contribution in [-0.2, 0) is 41.7 Å². The summed E-state index contributed by atoms with van der Waals surface area (Å²) in [4.78, 5) is 60.5. The highest BCUT2D eigenvalue weighted by molar-refractivity contribution is 6.14. The normalized spacial score (nSPS) is 11.2. The average molecular weight is 477 g/mol. The van der Waals surface area contributed by atoms with Gasteiger partial charge in [0.2, 0.25) is 0 Å². The third-order valence-electron chi connectivity index (χ3n) is 4.35. The van der Waals surface area contributed by atoms with Crippen molar-refractivity contribution in [3.05, 3.63) is 51.1 Å². The molecule has 0 aliphatic carbocycles. The number of hydrogen-bond acceptors (Lipinski definition) is 10. The molecule has 0 aliphatic rings. The highest BCUT2D eigenvalue weighted by atomic mass is 16.5. The molecule has 0 aromatic carbocycles. The molecule has 13 nitrogen and oxygen atoms in total. The van der Waals surface area contributed by atoms with Crippen molar-refractivity contribution in [2.45, 2.75) is 46.7 Å². The second-order valence-corrected chi connectivity index (χ2v) is 6.91. The molecule has 13 heteroatoms. The Kier molecular flexibility index (Phi) is 9.92. The number of unbranched alkanes of at least 4 members (excludes halogenated alkanes) is 1. The van der Waals surface area contributed by atoms with Gasteiger partial charge in [0, 0.05) is 25.7 Å². The van der Waals surface area contributed by atoms with E-state index in [1.165, 1.54) is 6.92 Å². The molecule has 0 fully saturated rings. The minimum Gasteiger partial charge on any atom is -0.466 e. The fourth-order valence-electron chi connectivity index (χ4n) is 2.85. The second kappa shape index (κ2) is 12.9. The molecule has 0 bridgehead atoms. The van der Waals surface area contributed by atoms with E-state index in [1.54, 1.807) is 24.7 Å². The van der Waals surface area contributed by atoms with Gasteiger partial charge in [0.1, 0.15) is 11.4 Å². The van der Waals surface area contributed by atoms with E-state index in [4.69, 9.17) is 14.2 Å². The summed E-state index contributed by atoms with van der Waals surface area (Å²) < 4.78 is 17.9. The van der Waals surface area contributed by atoms with Crippen LogP contribution in [-0.4, -0.2) is 61.9 Å². The number of hydrogen-bond donors (Lipinski definition) is 0. The molecule has 2 rings (SSSR count). The molecule has 0 saturated carbocycles. The van der Waals surface area contributed by atoms with Crippen LogP contribution in [0.2, 0.25) is 0 Å². The lowest BCUT2D eigenvalue weighted by atomic mass is 10.3. The lowest BCUT2D eigenvalue weighted by molar-refractivity contribution is -0.141. The summed E-state index contributed by atoms with van der Waals surface area (Å²) in [6.07, 6.45) is 4.82. The van der Waals surface area contributed by atoms with Crippen LogP contribution in [0.5, 0.6) is 0 Å². The summed E-state index contributed by atoms with van der Waals surface area (Å²) in [6, 6.07) is 1.08. The predicted molar refractivity (Wildman–Crippen MR) is 117 cm³/mol. The number of aromatic nitrogens is 5. The number of aryl methyl sites for hydroxylation is 1. The van der Waals surface area contributed by atoms with Crippen molar-refractivity contribution in [1.29, 1.82) is 0 Å². The summed E-state index contributed by atoms with van der Waals surface area (Å²) in [5.41, 5.74) is -1.55. The number of rotatable bonds is 12. The Bertz CT molecular complexity index is 1160. The lowest BCUT2D eigenvalue weighted by Crippen LogP contribution is -2.40. The average Bonchev–Trinajstić information content (AvgIpc) is 3.23. The zero-order valence-electron chi connectivity index (χ0n) is 19.3. The summed E-state index contributed by atoms with van der Waals surface area (Å²) in [7, 11) is 0. The molecule has 0 radical (unpaired) electrons. The molecule has 0 saturated heterocycles. The molecule has 0 amide bonds. The number of nitrogens with zero attached hydrogens (tertiary/aromatic N) is 5. The van der Waals surface area contributed by atoms with Gasteiger partial charge in [-0.1, -0.05) is 5.21 Å². The van der Waals surface area contributed by atoms with E-state index in [2.05, 4.69) is 10.3 Å². The lowest BCUT2D eigenvalue weighted by Gasteiger charge is -2.11. The Balaban J connectivity index is 2.25. The van der Waals surface area contributed by atoms with E-state index in [1.807, 2.05) is 0 Å². The van der Waals surface area contributed by atoms with Crippen molar-refractivity contribution in [1.82, 2.24) is 24.1 Å². The first-order chi connectivity index (χ1) is 16.3. The summed E-state index contributed by atoms with van der Waals surface area (Å²) >= 11 is 0. The van der Waals surface area contributed by atoms with Crippen LogP contribution in [0.15, 0.2) is 34.1 Å². The first-order valence-electron chi connectivity index (χ1n) is 10.7. The Morgan fingerprint density at radius 2 is 1.79 bits per heavy atom. The maximum Gasteiger partial charge on any atom is 0.355 e. The zero-order valence-corrected chi connectivity index (χ0v) is 19.3. The first-order valence-corrected chi connectivity index (χ1v) is 10.7. The van der Waals surface area contributed by atoms with Gasteiger partial charge in [-0.05, 0) is 26.7 Å². The smallest absolute Gasteiger partial charge is 0.355 e. The second-order valence-electron chi connectivity index (χ2n) is 6.91. The Hall–Kier alpha value is -4.03. The first kappa shape index (κ1) is 26.2. The molecule has 0 unspecified atom stereocenters. The summed E-state index contributed by atoms with van der Waals surface area (Å²) in [5, 5.41) is 7.93.